The third-order valence-electron chi connectivity index (χ3n) is 5.00. The van der Waals surface area contributed by atoms with Gasteiger partial charge in [0, 0.05) is 18.8 Å². The van der Waals surface area contributed by atoms with Gasteiger partial charge in [0.15, 0.2) is 0 Å². The number of benzene rings is 2. The minimum absolute atomic E-state index is 0.00419. The summed E-state index contributed by atoms with van der Waals surface area (Å²) in [6.07, 6.45) is -0.410. The summed E-state index contributed by atoms with van der Waals surface area (Å²) in [7, 11) is 0. The first-order valence-corrected chi connectivity index (χ1v) is 10.2. The van der Waals surface area contributed by atoms with Gasteiger partial charge in [0.25, 0.3) is 0 Å². The van der Waals surface area contributed by atoms with Crippen LogP contribution in [-0.2, 0) is 16.1 Å². The van der Waals surface area contributed by atoms with Crippen molar-refractivity contribution in [3.05, 3.63) is 65.7 Å². The van der Waals surface area contributed by atoms with E-state index in [0.29, 0.717) is 24.7 Å². The Morgan fingerprint density at radius 2 is 1.87 bits per heavy atom. The molecule has 3 rings (SSSR count). The van der Waals surface area contributed by atoms with E-state index in [0.717, 1.165) is 11.1 Å². The largest absolute Gasteiger partial charge is 0.394 e. The second-order valence-corrected chi connectivity index (χ2v) is 7.84. The number of aliphatic hydroxyl groups excluding tert-OH is 1. The fourth-order valence-electron chi connectivity index (χ4n) is 3.56. The Kier molecular flexibility index (Phi) is 7.43. The summed E-state index contributed by atoms with van der Waals surface area (Å²) in [5.74, 6) is 0.190. The van der Waals surface area contributed by atoms with Crippen LogP contribution in [0.5, 0.6) is 0 Å². The van der Waals surface area contributed by atoms with Crippen LogP contribution in [0.3, 0.4) is 0 Å². The number of anilines is 1. The van der Waals surface area contributed by atoms with Gasteiger partial charge in [0.05, 0.1) is 12.6 Å². The maximum atomic E-state index is 12.3. The number of amides is 3. The smallest absolute Gasteiger partial charge is 0.319 e. The summed E-state index contributed by atoms with van der Waals surface area (Å²) in [6.45, 7) is 4.91. The Morgan fingerprint density at radius 3 is 2.50 bits per heavy atom. The van der Waals surface area contributed by atoms with Crippen LogP contribution in [0.1, 0.15) is 31.1 Å². The maximum absolute atomic E-state index is 12.3. The molecule has 1 saturated heterocycles. The lowest BCUT2D eigenvalue weighted by Crippen LogP contribution is -2.53. The van der Waals surface area contributed by atoms with Crippen molar-refractivity contribution >= 4 is 17.6 Å². The molecule has 0 aromatic heterocycles. The van der Waals surface area contributed by atoms with E-state index in [1.165, 1.54) is 0 Å². The minimum atomic E-state index is -0.429. The first kappa shape index (κ1) is 21.8. The molecule has 160 valence electrons. The van der Waals surface area contributed by atoms with Crippen LogP contribution >= 0.6 is 0 Å². The third kappa shape index (κ3) is 5.58. The molecule has 0 spiro atoms. The van der Waals surface area contributed by atoms with E-state index in [-0.39, 0.29) is 25.2 Å². The highest BCUT2D eigenvalue weighted by Gasteiger charge is 2.37. The Balaban J connectivity index is 1.61. The van der Waals surface area contributed by atoms with Crippen LogP contribution in [0, 0.1) is 5.92 Å². The zero-order chi connectivity index (χ0) is 21.5. The van der Waals surface area contributed by atoms with Gasteiger partial charge in [0.2, 0.25) is 5.91 Å². The van der Waals surface area contributed by atoms with E-state index in [4.69, 9.17) is 4.74 Å². The number of aliphatic hydroxyl groups is 1. The van der Waals surface area contributed by atoms with Gasteiger partial charge in [0.1, 0.15) is 12.7 Å². The standard InChI is InChI=1S/C23H29N3O4/c1-16(2)13-26-20(14-27)22(30-15-21(26)28)18-8-10-19(11-9-18)25-23(29)24-12-17-6-4-3-5-7-17/h3-11,16,20,22,27H,12-15H2,1-2H3,(H2,24,25,29). The summed E-state index contributed by atoms with van der Waals surface area (Å²) in [6, 6.07) is 16.2. The summed E-state index contributed by atoms with van der Waals surface area (Å²) in [5.41, 5.74) is 2.52. The summed E-state index contributed by atoms with van der Waals surface area (Å²) < 4.78 is 5.75. The van der Waals surface area contributed by atoms with Crippen LogP contribution in [0.25, 0.3) is 0 Å². The summed E-state index contributed by atoms with van der Waals surface area (Å²) >= 11 is 0. The van der Waals surface area contributed by atoms with E-state index in [1.54, 1.807) is 17.0 Å². The van der Waals surface area contributed by atoms with Crippen LogP contribution in [0.15, 0.2) is 54.6 Å². The van der Waals surface area contributed by atoms with Gasteiger partial charge in [-0.3, -0.25) is 4.79 Å². The number of hydrogen-bond acceptors (Lipinski definition) is 4. The number of nitrogens with one attached hydrogen (secondary N) is 2. The highest BCUT2D eigenvalue weighted by atomic mass is 16.5. The van der Waals surface area contributed by atoms with Crippen molar-refractivity contribution < 1.29 is 19.4 Å². The van der Waals surface area contributed by atoms with Crippen LogP contribution < -0.4 is 10.6 Å². The first-order valence-electron chi connectivity index (χ1n) is 10.2. The topological polar surface area (TPSA) is 90.9 Å². The molecule has 7 heteroatoms. The van der Waals surface area contributed by atoms with Gasteiger partial charge >= 0.3 is 6.03 Å². The van der Waals surface area contributed by atoms with Crippen LogP contribution in [0.4, 0.5) is 10.5 Å². The molecule has 2 atom stereocenters. The van der Waals surface area contributed by atoms with Crippen LogP contribution in [0.2, 0.25) is 0 Å². The van der Waals surface area contributed by atoms with Gasteiger partial charge in [-0.2, -0.15) is 0 Å². The molecule has 2 unspecified atom stereocenters. The van der Waals surface area contributed by atoms with Gasteiger partial charge in [-0.05, 0) is 29.2 Å². The average Bonchev–Trinajstić information content (AvgIpc) is 2.75. The molecule has 1 heterocycles. The van der Waals surface area contributed by atoms with Crippen molar-refractivity contribution in [2.45, 2.75) is 32.5 Å². The van der Waals surface area contributed by atoms with E-state index >= 15 is 0 Å². The molecule has 0 bridgehead atoms. The van der Waals surface area contributed by atoms with E-state index < -0.39 is 12.1 Å². The number of carbonyl (C=O) groups is 2. The Bertz CT molecular complexity index is 839. The molecule has 2 aromatic carbocycles. The van der Waals surface area contributed by atoms with Crippen molar-refractivity contribution in [3.63, 3.8) is 0 Å². The molecule has 1 fully saturated rings. The monoisotopic (exact) mass is 411 g/mol. The molecule has 0 radical (unpaired) electrons. The molecule has 7 nitrogen and oxygen atoms in total. The van der Waals surface area contributed by atoms with Crippen LogP contribution in [-0.4, -0.2) is 47.7 Å². The van der Waals surface area contributed by atoms with Gasteiger partial charge < -0.3 is 25.4 Å². The minimum Gasteiger partial charge on any atom is -0.394 e. The molecule has 1 aliphatic rings. The van der Waals surface area contributed by atoms with Crippen molar-refractivity contribution in [1.82, 2.24) is 10.2 Å². The maximum Gasteiger partial charge on any atom is 0.319 e. The fourth-order valence-corrected chi connectivity index (χ4v) is 3.56. The normalized spacial score (nSPS) is 19.1. The summed E-state index contributed by atoms with van der Waals surface area (Å²) in [5, 5.41) is 15.5. The Labute approximate surface area is 177 Å². The van der Waals surface area contributed by atoms with Gasteiger partial charge in [-0.1, -0.05) is 56.3 Å². The molecule has 0 saturated carbocycles. The lowest BCUT2D eigenvalue weighted by atomic mass is 9.98. The molecule has 1 aliphatic heterocycles. The molecule has 3 amide bonds. The number of nitrogens with zero attached hydrogens (tertiary/aromatic N) is 1. The highest BCUT2D eigenvalue weighted by molar-refractivity contribution is 5.89. The quantitative estimate of drug-likeness (QED) is 0.653. The Hall–Kier alpha value is -2.90. The second-order valence-electron chi connectivity index (χ2n) is 7.84. The number of morpholine rings is 1. The van der Waals surface area contributed by atoms with Crippen molar-refractivity contribution in [2.75, 3.05) is 25.1 Å². The number of rotatable bonds is 7. The highest BCUT2D eigenvalue weighted by Crippen LogP contribution is 2.30. The molecule has 0 aliphatic carbocycles. The van der Waals surface area contributed by atoms with Crippen molar-refractivity contribution in [3.8, 4) is 0 Å². The zero-order valence-electron chi connectivity index (χ0n) is 17.4. The molecule has 3 N–H and O–H groups in total. The lowest BCUT2D eigenvalue weighted by molar-refractivity contribution is -0.161. The first-order chi connectivity index (χ1) is 14.5. The SMILES string of the molecule is CC(C)CN1C(=O)COC(c2ccc(NC(=O)NCc3ccccc3)cc2)C1CO. The molecule has 30 heavy (non-hydrogen) atoms. The predicted octanol–water partition coefficient (Wildman–Crippen LogP) is 2.93. The second kappa shape index (κ2) is 10.2. The van der Waals surface area contributed by atoms with Gasteiger partial charge in [-0.15, -0.1) is 0 Å². The number of carbonyl (C=O) groups excluding carboxylic acids is 2. The molecular formula is C23H29N3O4. The third-order valence-corrected chi connectivity index (χ3v) is 5.00. The van der Waals surface area contributed by atoms with Crippen molar-refractivity contribution in [2.24, 2.45) is 5.92 Å². The molecule has 2 aromatic rings. The lowest BCUT2D eigenvalue weighted by Gasteiger charge is -2.41. The van der Waals surface area contributed by atoms with Gasteiger partial charge in [-0.25, -0.2) is 4.79 Å². The Morgan fingerprint density at radius 1 is 1.17 bits per heavy atom. The predicted molar refractivity (Wildman–Crippen MR) is 115 cm³/mol. The van der Waals surface area contributed by atoms with E-state index in [9.17, 15) is 14.7 Å². The number of ether oxygens (including phenoxy) is 1. The number of hydrogen-bond donors (Lipinski definition) is 3. The number of urea groups is 1. The van der Waals surface area contributed by atoms with E-state index in [2.05, 4.69) is 10.6 Å². The zero-order valence-corrected chi connectivity index (χ0v) is 17.4. The van der Waals surface area contributed by atoms with Crippen molar-refractivity contribution in [1.29, 1.82) is 0 Å². The molecular weight excluding hydrogens is 382 g/mol. The summed E-state index contributed by atoms with van der Waals surface area (Å²) in [4.78, 5) is 26.1. The van der Waals surface area contributed by atoms with E-state index in [1.807, 2.05) is 56.3 Å². The fraction of sp³-hybridized carbons (Fsp3) is 0.391. The average molecular weight is 412 g/mol.